The Balaban J connectivity index is 1.65. The van der Waals surface area contributed by atoms with Crippen LogP contribution in [0.4, 0.5) is 0 Å². The topological polar surface area (TPSA) is 92.7 Å². The summed E-state index contributed by atoms with van der Waals surface area (Å²) in [6.07, 6.45) is 3.62. The van der Waals surface area contributed by atoms with Crippen molar-refractivity contribution in [1.82, 2.24) is 5.32 Å². The van der Waals surface area contributed by atoms with Crippen LogP contribution in [0.5, 0.6) is 5.75 Å². The summed E-state index contributed by atoms with van der Waals surface area (Å²) in [7, 11) is 1.53. The minimum absolute atomic E-state index is 0.0783. The molecule has 3 aromatic carbocycles. The number of fused-ring (bicyclic) bond motifs is 1. The fourth-order valence-corrected chi connectivity index (χ4v) is 5.19. The number of Topliss-reactive ketones (excluding diaryl/α,β-unsaturated/α-hetero) is 1. The normalized spacial score (nSPS) is 14.5. The average Bonchev–Trinajstić information content (AvgIpc) is 3.27. The van der Waals surface area contributed by atoms with Crippen LogP contribution < -0.4 is 10.1 Å². The van der Waals surface area contributed by atoms with E-state index in [1.165, 1.54) is 19.6 Å². The first kappa shape index (κ1) is 26.1. The van der Waals surface area contributed by atoms with E-state index in [1.54, 1.807) is 18.2 Å². The quantitative estimate of drug-likeness (QED) is 0.404. The largest absolute Gasteiger partial charge is 0.496 e. The van der Waals surface area contributed by atoms with Crippen LogP contribution in [0.25, 0.3) is 0 Å². The lowest BCUT2D eigenvalue weighted by Crippen LogP contribution is -2.55. The van der Waals surface area contributed by atoms with Gasteiger partial charge in [0.25, 0.3) is 5.91 Å². The van der Waals surface area contributed by atoms with E-state index in [0.29, 0.717) is 11.3 Å². The molecule has 1 aliphatic rings. The van der Waals surface area contributed by atoms with Gasteiger partial charge < -0.3 is 15.2 Å². The van der Waals surface area contributed by atoms with Crippen molar-refractivity contribution in [2.45, 2.75) is 57.4 Å². The molecule has 0 aliphatic heterocycles. The zero-order valence-electron chi connectivity index (χ0n) is 21.5. The zero-order chi connectivity index (χ0) is 26.6. The molecule has 2 N–H and O–H groups in total. The number of carboxylic acids is 1. The number of aryl methyl sites for hydroxylation is 1. The molecule has 37 heavy (non-hydrogen) atoms. The summed E-state index contributed by atoms with van der Waals surface area (Å²) in [4.78, 5) is 38.6. The van der Waals surface area contributed by atoms with Gasteiger partial charge in [0, 0.05) is 24.0 Å². The molecule has 0 fully saturated rings. The monoisotopic (exact) mass is 499 g/mol. The summed E-state index contributed by atoms with van der Waals surface area (Å²) in [5, 5.41) is 12.9. The van der Waals surface area contributed by atoms with Gasteiger partial charge in [-0.1, -0.05) is 61.9 Å². The fourth-order valence-electron chi connectivity index (χ4n) is 5.19. The highest BCUT2D eigenvalue weighted by molar-refractivity contribution is 5.99. The van der Waals surface area contributed by atoms with Gasteiger partial charge in [-0.15, -0.1) is 0 Å². The Morgan fingerprint density at radius 2 is 1.65 bits per heavy atom. The second kappa shape index (κ2) is 11.0. The van der Waals surface area contributed by atoms with Gasteiger partial charge in [0.05, 0.1) is 13.0 Å². The average molecular weight is 500 g/mol. The molecule has 6 nitrogen and oxygen atoms in total. The number of aliphatic carboxylic acids is 1. The molecule has 0 spiro atoms. The molecule has 1 aliphatic carbocycles. The Kier molecular flexibility index (Phi) is 7.77. The van der Waals surface area contributed by atoms with Gasteiger partial charge >= 0.3 is 5.97 Å². The van der Waals surface area contributed by atoms with Gasteiger partial charge in [-0.3, -0.25) is 9.59 Å². The van der Waals surface area contributed by atoms with Crippen molar-refractivity contribution in [3.05, 3.63) is 100 Å². The third-order valence-electron chi connectivity index (χ3n) is 7.21. The summed E-state index contributed by atoms with van der Waals surface area (Å²) in [5.41, 5.74) is 3.29. The molecule has 0 aromatic heterocycles. The maximum absolute atomic E-state index is 13.4. The Bertz CT molecular complexity index is 1290. The maximum Gasteiger partial charge on any atom is 0.330 e. The Morgan fingerprint density at radius 3 is 2.19 bits per heavy atom. The molecule has 1 unspecified atom stereocenters. The lowest BCUT2D eigenvalue weighted by molar-refractivity contribution is -0.144. The summed E-state index contributed by atoms with van der Waals surface area (Å²) in [5.74, 6) is -1.78. The number of ether oxygens (including phenoxy) is 1. The number of unbranched alkanes of at least 4 members (excludes halogenated alkanes) is 1. The van der Waals surface area contributed by atoms with Gasteiger partial charge in [-0.05, 0) is 60.2 Å². The first-order chi connectivity index (χ1) is 17.8. The number of hydrogen-bond acceptors (Lipinski definition) is 4. The summed E-state index contributed by atoms with van der Waals surface area (Å²) in [6.45, 7) is 3.68. The van der Waals surface area contributed by atoms with Gasteiger partial charge in [0.2, 0.25) is 0 Å². The molecule has 3 aromatic rings. The van der Waals surface area contributed by atoms with E-state index in [-0.39, 0.29) is 24.2 Å². The molecule has 6 heteroatoms. The van der Waals surface area contributed by atoms with Crippen LogP contribution in [0.2, 0.25) is 0 Å². The Morgan fingerprint density at radius 1 is 1.00 bits per heavy atom. The fraction of sp³-hybridized carbons (Fsp3) is 0.323. The summed E-state index contributed by atoms with van der Waals surface area (Å²) in [6, 6.07) is 20.4. The van der Waals surface area contributed by atoms with E-state index in [2.05, 4.69) is 12.2 Å². The summed E-state index contributed by atoms with van der Waals surface area (Å²) < 4.78 is 5.57. The molecular formula is C31H33NO5. The number of carboxylic acid groups (broad SMARTS) is 1. The van der Waals surface area contributed by atoms with Gasteiger partial charge in [-0.25, -0.2) is 4.79 Å². The number of ketones is 1. The molecule has 0 radical (unpaired) electrons. The second-order valence-corrected chi connectivity index (χ2v) is 9.81. The van der Waals surface area contributed by atoms with Crippen LogP contribution in [0.15, 0.2) is 66.7 Å². The SMILES string of the molecule is CCCCc1ccc(C(C(C)=O)c2cc(C(=O)NC3(C(=O)O)Cc4ccccc4C3)ccc2OC)cc1. The van der Waals surface area contributed by atoms with E-state index in [0.717, 1.165) is 36.0 Å². The van der Waals surface area contributed by atoms with Crippen molar-refractivity contribution in [3.63, 3.8) is 0 Å². The second-order valence-electron chi connectivity index (χ2n) is 9.81. The Labute approximate surface area is 217 Å². The molecular weight excluding hydrogens is 466 g/mol. The molecule has 0 heterocycles. The van der Waals surface area contributed by atoms with Gasteiger partial charge in [-0.2, -0.15) is 0 Å². The van der Waals surface area contributed by atoms with Crippen molar-refractivity contribution in [1.29, 1.82) is 0 Å². The third kappa shape index (κ3) is 5.43. The predicted molar refractivity (Wildman–Crippen MR) is 142 cm³/mol. The number of benzene rings is 3. The van der Waals surface area contributed by atoms with E-state index in [9.17, 15) is 19.5 Å². The molecule has 4 rings (SSSR count). The highest BCUT2D eigenvalue weighted by atomic mass is 16.5. The third-order valence-corrected chi connectivity index (χ3v) is 7.21. The van der Waals surface area contributed by atoms with E-state index >= 15 is 0 Å². The van der Waals surface area contributed by atoms with Crippen LogP contribution in [0.3, 0.4) is 0 Å². The van der Waals surface area contributed by atoms with Gasteiger partial charge in [0.1, 0.15) is 17.1 Å². The van der Waals surface area contributed by atoms with Crippen molar-refractivity contribution in [2.24, 2.45) is 0 Å². The standard InChI is InChI=1S/C31H33NO5/c1-4-5-8-21-11-13-22(14-12-21)28(20(2)33)26-17-23(15-16-27(26)37-3)29(34)32-31(30(35)36)18-24-9-6-7-10-25(24)19-31/h6-7,9-17,28H,4-5,8,18-19H2,1-3H3,(H,32,34)(H,35,36). The lowest BCUT2D eigenvalue weighted by Gasteiger charge is -2.26. The van der Waals surface area contributed by atoms with E-state index < -0.39 is 23.3 Å². The molecule has 192 valence electrons. The summed E-state index contributed by atoms with van der Waals surface area (Å²) >= 11 is 0. The molecule has 1 amide bonds. The number of methoxy groups -OCH3 is 1. The molecule has 0 saturated carbocycles. The van der Waals surface area contributed by atoms with Crippen molar-refractivity contribution in [3.8, 4) is 5.75 Å². The molecule has 0 saturated heterocycles. The van der Waals surface area contributed by atoms with Crippen molar-refractivity contribution < 1.29 is 24.2 Å². The first-order valence-electron chi connectivity index (χ1n) is 12.7. The Hall–Kier alpha value is -3.93. The van der Waals surface area contributed by atoms with Crippen LogP contribution in [0, 0.1) is 0 Å². The number of carbonyl (C=O) groups excluding carboxylic acids is 2. The number of carbonyl (C=O) groups is 3. The van der Waals surface area contributed by atoms with E-state index in [4.69, 9.17) is 4.74 Å². The van der Waals surface area contributed by atoms with Crippen LogP contribution >= 0.6 is 0 Å². The number of nitrogens with one attached hydrogen (secondary N) is 1. The van der Waals surface area contributed by atoms with Crippen molar-refractivity contribution >= 4 is 17.7 Å². The lowest BCUT2D eigenvalue weighted by atomic mass is 9.86. The minimum Gasteiger partial charge on any atom is -0.496 e. The molecule has 1 atom stereocenters. The van der Waals surface area contributed by atoms with Crippen LogP contribution in [0.1, 0.15) is 70.8 Å². The maximum atomic E-state index is 13.4. The number of amides is 1. The first-order valence-corrected chi connectivity index (χ1v) is 12.7. The molecule has 0 bridgehead atoms. The highest BCUT2D eigenvalue weighted by Gasteiger charge is 2.45. The minimum atomic E-state index is -1.42. The van der Waals surface area contributed by atoms with Crippen LogP contribution in [-0.4, -0.2) is 35.4 Å². The van der Waals surface area contributed by atoms with Crippen LogP contribution in [-0.2, 0) is 28.9 Å². The zero-order valence-corrected chi connectivity index (χ0v) is 21.5. The predicted octanol–water partition coefficient (Wildman–Crippen LogP) is 5.11. The van der Waals surface area contributed by atoms with E-state index in [1.807, 2.05) is 48.5 Å². The van der Waals surface area contributed by atoms with Gasteiger partial charge in [0.15, 0.2) is 0 Å². The number of rotatable bonds is 10. The van der Waals surface area contributed by atoms with Crippen molar-refractivity contribution in [2.75, 3.05) is 7.11 Å². The smallest absolute Gasteiger partial charge is 0.330 e. The highest BCUT2D eigenvalue weighted by Crippen LogP contribution is 2.35. The number of hydrogen-bond donors (Lipinski definition) is 2.